The molecule has 0 amide bonds. The number of hydrogen-bond donors (Lipinski definition) is 1. The molecule has 1 aromatic rings. The van der Waals surface area contributed by atoms with Gasteiger partial charge in [-0.15, -0.1) is 0 Å². The molecule has 0 fully saturated rings. The molecule has 1 rings (SSSR count). The Morgan fingerprint density at radius 2 is 2.18 bits per heavy atom. The summed E-state index contributed by atoms with van der Waals surface area (Å²) in [6, 6.07) is 8.29. The molecule has 0 heterocycles. The van der Waals surface area contributed by atoms with E-state index >= 15 is 0 Å². The van der Waals surface area contributed by atoms with Gasteiger partial charge in [-0.3, -0.25) is 0 Å². The molecule has 3 nitrogen and oxygen atoms in total. The van der Waals surface area contributed by atoms with Crippen LogP contribution in [0.3, 0.4) is 0 Å². The van der Waals surface area contributed by atoms with Gasteiger partial charge in [0.1, 0.15) is 0 Å². The molecule has 0 saturated carbocycles. The van der Waals surface area contributed by atoms with Crippen LogP contribution >= 0.6 is 15.9 Å². The second-order valence-electron chi connectivity index (χ2n) is 4.25. The molecule has 0 aromatic heterocycles. The normalized spacial score (nSPS) is 13.0. The average molecular weight is 301 g/mol. The Bertz CT molecular complexity index is 333. The van der Waals surface area contributed by atoms with Crippen LogP contribution in [-0.2, 0) is 4.74 Å². The fourth-order valence-corrected chi connectivity index (χ4v) is 2.04. The van der Waals surface area contributed by atoms with Crippen LogP contribution < -0.4 is 5.73 Å². The number of methoxy groups -OCH3 is 1. The molecule has 17 heavy (non-hydrogen) atoms. The molecule has 4 heteroatoms. The Morgan fingerprint density at radius 1 is 1.41 bits per heavy atom. The summed E-state index contributed by atoms with van der Waals surface area (Å²) in [7, 11) is 3.81. The Morgan fingerprint density at radius 3 is 2.82 bits per heavy atom. The minimum absolute atomic E-state index is 0.0949. The third kappa shape index (κ3) is 5.64. The predicted molar refractivity (Wildman–Crippen MR) is 75.1 cm³/mol. The summed E-state index contributed by atoms with van der Waals surface area (Å²) in [5.41, 5.74) is 7.34. The van der Waals surface area contributed by atoms with Gasteiger partial charge in [-0.25, -0.2) is 0 Å². The van der Waals surface area contributed by atoms with Gasteiger partial charge >= 0.3 is 0 Å². The number of nitrogens with two attached hydrogens (primary N) is 1. The van der Waals surface area contributed by atoms with Gasteiger partial charge in [0.2, 0.25) is 0 Å². The molecule has 0 bridgehead atoms. The van der Waals surface area contributed by atoms with Gasteiger partial charge in [-0.05, 0) is 37.7 Å². The lowest BCUT2D eigenvalue weighted by Gasteiger charge is -2.19. The highest BCUT2D eigenvalue weighted by Crippen LogP contribution is 2.18. The third-order valence-electron chi connectivity index (χ3n) is 2.78. The predicted octanol–water partition coefficient (Wildman–Crippen LogP) is 2.42. The van der Waals surface area contributed by atoms with Gasteiger partial charge < -0.3 is 15.4 Å². The first kappa shape index (κ1) is 14.6. The first-order valence-corrected chi connectivity index (χ1v) is 6.61. The van der Waals surface area contributed by atoms with E-state index in [0.717, 1.165) is 30.6 Å². The Balaban J connectivity index is 2.36. The molecule has 96 valence electrons. The van der Waals surface area contributed by atoms with E-state index in [1.54, 1.807) is 7.11 Å². The Hall–Kier alpha value is -0.420. The zero-order valence-electron chi connectivity index (χ0n) is 10.5. The molecule has 1 aromatic carbocycles. The van der Waals surface area contributed by atoms with Crippen LogP contribution in [0.4, 0.5) is 0 Å². The standard InChI is InChI=1S/C13H21BrN2O/c1-16(8-9-17-2)7-6-13(15)11-4-3-5-12(14)10-11/h3-5,10,13H,6-9,15H2,1-2H3. The topological polar surface area (TPSA) is 38.5 Å². The van der Waals surface area contributed by atoms with Crippen LogP contribution in [0.25, 0.3) is 0 Å². The van der Waals surface area contributed by atoms with Crippen LogP contribution in [-0.4, -0.2) is 38.8 Å². The summed E-state index contributed by atoms with van der Waals surface area (Å²) in [6.07, 6.45) is 0.955. The van der Waals surface area contributed by atoms with E-state index in [9.17, 15) is 0 Å². The van der Waals surface area contributed by atoms with Crippen molar-refractivity contribution in [2.24, 2.45) is 5.73 Å². The van der Waals surface area contributed by atoms with Crippen molar-refractivity contribution in [1.82, 2.24) is 4.90 Å². The summed E-state index contributed by atoms with van der Waals surface area (Å²) in [6.45, 7) is 2.70. The maximum Gasteiger partial charge on any atom is 0.0589 e. The van der Waals surface area contributed by atoms with Crippen molar-refractivity contribution in [3.63, 3.8) is 0 Å². The second kappa shape index (κ2) is 7.82. The fourth-order valence-electron chi connectivity index (χ4n) is 1.62. The van der Waals surface area contributed by atoms with E-state index in [-0.39, 0.29) is 6.04 Å². The molecule has 1 atom stereocenters. The Kier molecular flexibility index (Phi) is 6.73. The SMILES string of the molecule is COCCN(C)CCC(N)c1cccc(Br)c1. The number of benzene rings is 1. The lowest BCUT2D eigenvalue weighted by Crippen LogP contribution is -2.26. The van der Waals surface area contributed by atoms with Gasteiger partial charge in [0.25, 0.3) is 0 Å². The van der Waals surface area contributed by atoms with Gasteiger partial charge in [0.05, 0.1) is 6.61 Å². The summed E-state index contributed by atoms with van der Waals surface area (Å²) in [5, 5.41) is 0. The molecule has 1 unspecified atom stereocenters. The first-order valence-electron chi connectivity index (χ1n) is 5.82. The van der Waals surface area contributed by atoms with E-state index in [1.165, 1.54) is 5.56 Å². The van der Waals surface area contributed by atoms with Crippen molar-refractivity contribution in [3.8, 4) is 0 Å². The first-order chi connectivity index (χ1) is 8.13. The smallest absolute Gasteiger partial charge is 0.0589 e. The average Bonchev–Trinajstić information content (AvgIpc) is 2.33. The van der Waals surface area contributed by atoms with Gasteiger partial charge in [-0.2, -0.15) is 0 Å². The number of hydrogen-bond acceptors (Lipinski definition) is 3. The highest BCUT2D eigenvalue weighted by molar-refractivity contribution is 9.10. The number of ether oxygens (including phenoxy) is 1. The lowest BCUT2D eigenvalue weighted by molar-refractivity contribution is 0.159. The number of likely N-dealkylation sites (N-methyl/N-ethyl adjacent to an activating group) is 1. The zero-order valence-corrected chi connectivity index (χ0v) is 12.1. The maximum absolute atomic E-state index is 6.16. The monoisotopic (exact) mass is 300 g/mol. The van der Waals surface area contributed by atoms with Crippen molar-refractivity contribution in [2.75, 3.05) is 33.9 Å². The minimum atomic E-state index is 0.0949. The van der Waals surface area contributed by atoms with E-state index < -0.39 is 0 Å². The zero-order chi connectivity index (χ0) is 12.7. The van der Waals surface area contributed by atoms with Crippen molar-refractivity contribution in [1.29, 1.82) is 0 Å². The molecule has 0 saturated heterocycles. The van der Waals surface area contributed by atoms with E-state index in [4.69, 9.17) is 10.5 Å². The van der Waals surface area contributed by atoms with Crippen molar-refractivity contribution < 1.29 is 4.74 Å². The van der Waals surface area contributed by atoms with E-state index in [0.29, 0.717) is 0 Å². The number of rotatable bonds is 7. The maximum atomic E-state index is 6.16. The van der Waals surface area contributed by atoms with Crippen LogP contribution in [0.15, 0.2) is 28.7 Å². The van der Waals surface area contributed by atoms with E-state index in [1.807, 2.05) is 12.1 Å². The van der Waals surface area contributed by atoms with Gasteiger partial charge in [0, 0.05) is 24.2 Å². The summed E-state index contributed by atoms with van der Waals surface area (Å²) >= 11 is 3.46. The van der Waals surface area contributed by atoms with Gasteiger partial charge in [-0.1, -0.05) is 28.1 Å². The molecule has 0 aliphatic rings. The summed E-state index contributed by atoms with van der Waals surface area (Å²) in [4.78, 5) is 2.24. The molecule has 2 N–H and O–H groups in total. The van der Waals surface area contributed by atoms with Crippen LogP contribution in [0.2, 0.25) is 0 Å². The molecular weight excluding hydrogens is 280 g/mol. The molecule has 0 aliphatic heterocycles. The number of halogens is 1. The molecule has 0 spiro atoms. The largest absolute Gasteiger partial charge is 0.383 e. The highest BCUT2D eigenvalue weighted by atomic mass is 79.9. The van der Waals surface area contributed by atoms with E-state index in [2.05, 4.69) is 40.0 Å². The fraction of sp³-hybridized carbons (Fsp3) is 0.538. The quantitative estimate of drug-likeness (QED) is 0.840. The molecule has 0 aliphatic carbocycles. The summed E-state index contributed by atoms with van der Waals surface area (Å²) < 4.78 is 6.12. The number of nitrogens with zero attached hydrogens (tertiary/aromatic N) is 1. The third-order valence-corrected chi connectivity index (χ3v) is 3.27. The highest BCUT2D eigenvalue weighted by Gasteiger charge is 2.07. The second-order valence-corrected chi connectivity index (χ2v) is 5.16. The van der Waals surface area contributed by atoms with Crippen molar-refractivity contribution in [2.45, 2.75) is 12.5 Å². The molecular formula is C13H21BrN2O. The minimum Gasteiger partial charge on any atom is -0.383 e. The van der Waals surface area contributed by atoms with Crippen LogP contribution in [0, 0.1) is 0 Å². The summed E-state index contributed by atoms with van der Waals surface area (Å²) in [5.74, 6) is 0. The van der Waals surface area contributed by atoms with Crippen molar-refractivity contribution in [3.05, 3.63) is 34.3 Å². The molecule has 0 radical (unpaired) electrons. The van der Waals surface area contributed by atoms with Crippen molar-refractivity contribution >= 4 is 15.9 Å². The van der Waals surface area contributed by atoms with Gasteiger partial charge in [0.15, 0.2) is 0 Å². The van der Waals surface area contributed by atoms with Crippen LogP contribution in [0.5, 0.6) is 0 Å². The Labute approximate surface area is 112 Å². The van der Waals surface area contributed by atoms with Crippen LogP contribution in [0.1, 0.15) is 18.0 Å². The lowest BCUT2D eigenvalue weighted by atomic mass is 10.0.